The van der Waals surface area contributed by atoms with Crippen LogP contribution in [0.3, 0.4) is 0 Å². The molecule has 2 rings (SSSR count). The standard InChI is InChI=1S/C17H29NO6/c1-16(2,3)24-15(20)18-11(9-23-17(18,4)5)12-10(8-21-6)13(12)14(19)22-7/h10-13H,8-9H2,1-7H3. The van der Waals surface area contributed by atoms with Crippen molar-refractivity contribution < 1.29 is 28.5 Å². The van der Waals surface area contributed by atoms with Crippen molar-refractivity contribution in [1.82, 2.24) is 4.90 Å². The molecule has 0 aromatic heterocycles. The molecule has 4 atom stereocenters. The minimum absolute atomic E-state index is 0.0230. The van der Waals surface area contributed by atoms with Crippen molar-refractivity contribution in [3.63, 3.8) is 0 Å². The molecule has 7 heteroatoms. The van der Waals surface area contributed by atoms with Crippen LogP contribution in [0.1, 0.15) is 34.6 Å². The van der Waals surface area contributed by atoms with Crippen LogP contribution in [0.5, 0.6) is 0 Å². The van der Waals surface area contributed by atoms with Crippen LogP contribution in [0.4, 0.5) is 4.79 Å². The molecular formula is C17H29NO6. The lowest BCUT2D eigenvalue weighted by molar-refractivity contribution is -0.143. The summed E-state index contributed by atoms with van der Waals surface area (Å²) in [5.74, 6) is -0.570. The Morgan fingerprint density at radius 3 is 2.38 bits per heavy atom. The highest BCUT2D eigenvalue weighted by atomic mass is 16.6. The number of carbonyl (C=O) groups is 2. The number of carbonyl (C=O) groups excluding carboxylic acids is 2. The Hall–Kier alpha value is -1.34. The van der Waals surface area contributed by atoms with Crippen molar-refractivity contribution in [2.75, 3.05) is 27.4 Å². The normalized spacial score (nSPS) is 31.7. The van der Waals surface area contributed by atoms with E-state index in [9.17, 15) is 9.59 Å². The van der Waals surface area contributed by atoms with Crippen LogP contribution in [0.15, 0.2) is 0 Å². The zero-order valence-corrected chi connectivity index (χ0v) is 15.6. The van der Waals surface area contributed by atoms with Gasteiger partial charge in [-0.25, -0.2) is 4.79 Å². The van der Waals surface area contributed by atoms with Gasteiger partial charge in [-0.3, -0.25) is 9.69 Å². The summed E-state index contributed by atoms with van der Waals surface area (Å²) in [6.45, 7) is 9.95. The summed E-state index contributed by atoms with van der Waals surface area (Å²) < 4.78 is 21.5. The molecule has 7 nitrogen and oxygen atoms in total. The zero-order valence-electron chi connectivity index (χ0n) is 15.6. The Morgan fingerprint density at radius 1 is 1.25 bits per heavy atom. The van der Waals surface area contributed by atoms with E-state index in [2.05, 4.69) is 0 Å². The van der Waals surface area contributed by atoms with Crippen LogP contribution in [-0.2, 0) is 23.7 Å². The van der Waals surface area contributed by atoms with Crippen molar-refractivity contribution in [1.29, 1.82) is 0 Å². The van der Waals surface area contributed by atoms with Gasteiger partial charge in [-0.15, -0.1) is 0 Å². The third kappa shape index (κ3) is 3.67. The molecule has 0 aromatic rings. The number of amides is 1. The number of esters is 1. The second-order valence-electron chi connectivity index (χ2n) is 7.92. The van der Waals surface area contributed by atoms with Gasteiger partial charge < -0.3 is 18.9 Å². The lowest BCUT2D eigenvalue weighted by Crippen LogP contribution is -2.51. The van der Waals surface area contributed by atoms with Crippen LogP contribution in [-0.4, -0.2) is 61.8 Å². The van der Waals surface area contributed by atoms with Crippen molar-refractivity contribution in [2.24, 2.45) is 17.8 Å². The number of ether oxygens (including phenoxy) is 4. The van der Waals surface area contributed by atoms with Crippen molar-refractivity contribution >= 4 is 12.1 Å². The monoisotopic (exact) mass is 343 g/mol. The van der Waals surface area contributed by atoms with Crippen molar-refractivity contribution in [3.8, 4) is 0 Å². The third-order valence-electron chi connectivity index (χ3n) is 4.62. The molecule has 0 N–H and O–H groups in total. The molecule has 24 heavy (non-hydrogen) atoms. The van der Waals surface area contributed by atoms with Crippen LogP contribution in [0.25, 0.3) is 0 Å². The van der Waals surface area contributed by atoms with E-state index in [1.54, 1.807) is 12.0 Å². The van der Waals surface area contributed by atoms with E-state index in [-0.39, 0.29) is 29.8 Å². The third-order valence-corrected chi connectivity index (χ3v) is 4.62. The molecule has 1 amide bonds. The van der Waals surface area contributed by atoms with Crippen molar-refractivity contribution in [3.05, 3.63) is 0 Å². The van der Waals surface area contributed by atoms with E-state index < -0.39 is 17.4 Å². The Balaban J connectivity index is 2.21. The molecule has 0 bridgehead atoms. The summed E-state index contributed by atoms with van der Waals surface area (Å²) in [5.41, 5.74) is -1.38. The van der Waals surface area contributed by atoms with Gasteiger partial charge >= 0.3 is 12.1 Å². The van der Waals surface area contributed by atoms with Crippen LogP contribution < -0.4 is 0 Å². The summed E-state index contributed by atoms with van der Waals surface area (Å²) in [5, 5.41) is 0. The fraction of sp³-hybridized carbons (Fsp3) is 0.882. The fourth-order valence-corrected chi connectivity index (χ4v) is 3.58. The van der Waals surface area contributed by atoms with E-state index in [4.69, 9.17) is 18.9 Å². The number of methoxy groups -OCH3 is 2. The highest BCUT2D eigenvalue weighted by Crippen LogP contribution is 2.53. The molecule has 0 aromatic carbocycles. The first-order valence-corrected chi connectivity index (χ1v) is 8.26. The van der Waals surface area contributed by atoms with Gasteiger partial charge in [0.2, 0.25) is 0 Å². The van der Waals surface area contributed by atoms with Crippen molar-refractivity contribution in [2.45, 2.75) is 52.0 Å². The molecule has 1 aliphatic carbocycles. The molecular weight excluding hydrogens is 314 g/mol. The molecule has 2 fully saturated rings. The largest absolute Gasteiger partial charge is 0.469 e. The van der Waals surface area contributed by atoms with E-state index in [0.717, 1.165) is 0 Å². The van der Waals surface area contributed by atoms with Gasteiger partial charge in [0.05, 0.1) is 32.3 Å². The number of hydrogen-bond donors (Lipinski definition) is 0. The fourth-order valence-electron chi connectivity index (χ4n) is 3.58. The Morgan fingerprint density at radius 2 is 1.88 bits per heavy atom. The second-order valence-corrected chi connectivity index (χ2v) is 7.92. The molecule has 1 saturated heterocycles. The minimum Gasteiger partial charge on any atom is -0.469 e. The SMILES string of the molecule is COCC1C(C(=O)OC)C1C1COC(C)(C)N1C(=O)OC(C)(C)C. The van der Waals surface area contributed by atoms with Gasteiger partial charge in [0.15, 0.2) is 0 Å². The highest BCUT2D eigenvalue weighted by Gasteiger charge is 2.64. The first-order valence-electron chi connectivity index (χ1n) is 8.26. The van der Waals surface area contributed by atoms with Crippen LogP contribution in [0.2, 0.25) is 0 Å². The molecule has 138 valence electrons. The summed E-state index contributed by atoms with van der Waals surface area (Å²) in [6.07, 6.45) is -0.429. The number of hydrogen-bond acceptors (Lipinski definition) is 6. The quantitative estimate of drug-likeness (QED) is 0.727. The molecule has 4 unspecified atom stereocenters. The second kappa shape index (κ2) is 6.52. The van der Waals surface area contributed by atoms with Gasteiger partial charge in [-0.1, -0.05) is 0 Å². The first-order chi connectivity index (χ1) is 11.0. The van der Waals surface area contributed by atoms with Gasteiger partial charge in [0.25, 0.3) is 0 Å². The molecule has 1 aliphatic heterocycles. The topological polar surface area (TPSA) is 74.3 Å². The molecule has 2 aliphatic rings. The van der Waals surface area contributed by atoms with Gasteiger partial charge in [-0.2, -0.15) is 0 Å². The Bertz CT molecular complexity index is 498. The molecule has 1 saturated carbocycles. The average Bonchev–Trinajstić information content (AvgIpc) is 3.04. The summed E-state index contributed by atoms with van der Waals surface area (Å²) in [6, 6.07) is -0.237. The van der Waals surface area contributed by atoms with E-state index in [1.165, 1.54) is 7.11 Å². The predicted molar refractivity (Wildman–Crippen MR) is 86.3 cm³/mol. The van der Waals surface area contributed by atoms with Crippen LogP contribution >= 0.6 is 0 Å². The molecule has 0 spiro atoms. The van der Waals surface area contributed by atoms with Crippen LogP contribution in [0, 0.1) is 17.8 Å². The average molecular weight is 343 g/mol. The summed E-state index contributed by atoms with van der Waals surface area (Å²) in [7, 11) is 2.98. The van der Waals surface area contributed by atoms with E-state index >= 15 is 0 Å². The molecule has 0 radical (unpaired) electrons. The van der Waals surface area contributed by atoms with E-state index in [1.807, 2.05) is 34.6 Å². The zero-order chi connectivity index (χ0) is 18.3. The van der Waals surface area contributed by atoms with Gasteiger partial charge in [0, 0.05) is 18.9 Å². The Labute approximate surface area is 143 Å². The highest BCUT2D eigenvalue weighted by molar-refractivity contribution is 5.77. The molecule has 1 heterocycles. The summed E-state index contributed by atoms with van der Waals surface area (Å²) in [4.78, 5) is 26.4. The minimum atomic E-state index is -0.784. The summed E-state index contributed by atoms with van der Waals surface area (Å²) >= 11 is 0. The number of nitrogens with zero attached hydrogens (tertiary/aromatic N) is 1. The maximum absolute atomic E-state index is 12.7. The lowest BCUT2D eigenvalue weighted by atomic mass is 10.1. The maximum atomic E-state index is 12.7. The maximum Gasteiger partial charge on any atom is 0.412 e. The Kier molecular flexibility index (Phi) is 5.16. The van der Waals surface area contributed by atoms with Gasteiger partial charge in [0.1, 0.15) is 11.3 Å². The first kappa shape index (κ1) is 19.0. The van der Waals surface area contributed by atoms with Gasteiger partial charge in [-0.05, 0) is 34.6 Å². The lowest BCUT2D eigenvalue weighted by Gasteiger charge is -2.35. The number of rotatable bonds is 4. The smallest absolute Gasteiger partial charge is 0.412 e. The predicted octanol–water partition coefficient (Wildman–Crippen LogP) is 2.04. The van der Waals surface area contributed by atoms with E-state index in [0.29, 0.717) is 13.2 Å².